The molecule has 2 rings (SSSR count). The van der Waals surface area contributed by atoms with Crippen LogP contribution < -0.4 is 5.32 Å². The highest BCUT2D eigenvalue weighted by Crippen LogP contribution is 2.35. The maximum Gasteiger partial charge on any atom is 0.418 e. The number of carbonyl (C=O) groups excluding carboxylic acids is 1. The minimum atomic E-state index is -4.61. The lowest BCUT2D eigenvalue weighted by Crippen LogP contribution is -2.16. The second-order valence-corrected chi connectivity index (χ2v) is 4.79. The van der Waals surface area contributed by atoms with Gasteiger partial charge in [0.1, 0.15) is 5.82 Å². The van der Waals surface area contributed by atoms with Gasteiger partial charge in [0.25, 0.3) is 5.91 Å². The van der Waals surface area contributed by atoms with Crippen molar-refractivity contribution in [1.29, 1.82) is 0 Å². The van der Waals surface area contributed by atoms with Crippen LogP contribution in [0.5, 0.6) is 0 Å². The molecule has 0 aromatic carbocycles. The molecule has 8 heteroatoms. The predicted octanol–water partition coefficient (Wildman–Crippen LogP) is 3.83. The van der Waals surface area contributed by atoms with Crippen LogP contribution in [0, 0.1) is 0 Å². The average molecular weight is 318 g/mol. The van der Waals surface area contributed by atoms with Crippen LogP contribution in [0.4, 0.5) is 19.0 Å². The Kier molecular flexibility index (Phi) is 4.32. The number of hydrogen-bond acceptors (Lipinski definition) is 3. The smallest absolute Gasteiger partial charge is 0.307 e. The number of halogens is 4. The molecule has 0 spiro atoms. The van der Waals surface area contributed by atoms with Crippen molar-refractivity contribution in [2.45, 2.75) is 25.9 Å². The Morgan fingerprint density at radius 2 is 2.19 bits per heavy atom. The third-order valence-corrected chi connectivity index (χ3v) is 3.20. The number of carbonyl (C=O) groups is 1. The molecule has 21 heavy (non-hydrogen) atoms. The van der Waals surface area contributed by atoms with Crippen molar-refractivity contribution >= 4 is 29.0 Å². The molecule has 1 aliphatic heterocycles. The van der Waals surface area contributed by atoms with Crippen LogP contribution in [-0.2, 0) is 11.0 Å². The molecule has 1 N–H and O–H groups in total. The molecule has 1 amide bonds. The van der Waals surface area contributed by atoms with E-state index in [1.54, 1.807) is 0 Å². The molecule has 2 heterocycles. The summed E-state index contributed by atoms with van der Waals surface area (Å²) >= 11 is 5.46. The maximum absolute atomic E-state index is 12.7. The molecule has 0 bridgehead atoms. The van der Waals surface area contributed by atoms with Crippen LogP contribution in [0.25, 0.3) is 0 Å². The molecule has 1 aromatic heterocycles. The molecular weight excluding hydrogens is 307 g/mol. The molecule has 0 saturated carbocycles. The minimum absolute atomic E-state index is 0.206. The first-order valence-corrected chi connectivity index (χ1v) is 6.47. The Morgan fingerprint density at radius 1 is 1.48 bits per heavy atom. The molecular formula is C13H11ClF3N3O. The van der Waals surface area contributed by atoms with E-state index in [0.717, 1.165) is 11.9 Å². The summed E-state index contributed by atoms with van der Waals surface area (Å²) in [7, 11) is 0. The zero-order chi connectivity index (χ0) is 15.6. The van der Waals surface area contributed by atoms with E-state index in [4.69, 9.17) is 11.6 Å². The number of pyridine rings is 1. The summed E-state index contributed by atoms with van der Waals surface area (Å²) in [5.41, 5.74) is 0.192. The zero-order valence-corrected chi connectivity index (χ0v) is 11.7. The van der Waals surface area contributed by atoms with Crippen LogP contribution in [0.15, 0.2) is 29.0 Å². The van der Waals surface area contributed by atoms with Gasteiger partial charge in [-0.25, -0.2) is 4.98 Å². The number of aliphatic imine (C=N–C) groups is 1. The molecule has 0 aliphatic carbocycles. The van der Waals surface area contributed by atoms with Crippen molar-refractivity contribution < 1.29 is 18.0 Å². The molecule has 0 atom stereocenters. The Bertz CT molecular complexity index is 638. The second kappa shape index (κ2) is 5.85. The van der Waals surface area contributed by atoms with Crippen molar-refractivity contribution in [3.63, 3.8) is 0 Å². The van der Waals surface area contributed by atoms with Gasteiger partial charge in [-0.1, -0.05) is 18.5 Å². The van der Waals surface area contributed by atoms with E-state index >= 15 is 0 Å². The average Bonchev–Trinajstić information content (AvgIpc) is 2.88. The summed E-state index contributed by atoms with van der Waals surface area (Å²) in [6.45, 7) is 1.91. The number of amides is 1. The van der Waals surface area contributed by atoms with Gasteiger partial charge in [-0.2, -0.15) is 13.2 Å². The Morgan fingerprint density at radius 3 is 2.76 bits per heavy atom. The zero-order valence-electron chi connectivity index (χ0n) is 11.0. The van der Waals surface area contributed by atoms with Gasteiger partial charge in [0.15, 0.2) is 0 Å². The number of nitrogens with zero attached hydrogens (tertiary/aromatic N) is 2. The Balaban J connectivity index is 2.13. The Hall–Kier alpha value is -1.89. The second-order valence-electron chi connectivity index (χ2n) is 4.38. The quantitative estimate of drug-likeness (QED) is 0.921. The highest BCUT2D eigenvalue weighted by molar-refractivity contribution is 6.31. The highest BCUT2D eigenvalue weighted by Gasteiger charge is 2.34. The van der Waals surface area contributed by atoms with Crippen LogP contribution in [-0.4, -0.2) is 16.6 Å². The van der Waals surface area contributed by atoms with Gasteiger partial charge in [-0.3, -0.25) is 9.79 Å². The van der Waals surface area contributed by atoms with Crippen LogP contribution in [0.3, 0.4) is 0 Å². The number of alkyl halides is 3. The molecule has 0 radical (unpaired) electrons. The van der Waals surface area contributed by atoms with Gasteiger partial charge in [-0.15, -0.1) is 0 Å². The third kappa shape index (κ3) is 3.60. The largest absolute Gasteiger partial charge is 0.418 e. The van der Waals surface area contributed by atoms with Gasteiger partial charge in [0, 0.05) is 30.1 Å². The highest BCUT2D eigenvalue weighted by atomic mass is 35.5. The lowest BCUT2D eigenvalue weighted by Gasteiger charge is -2.11. The predicted molar refractivity (Wildman–Crippen MR) is 73.3 cm³/mol. The van der Waals surface area contributed by atoms with Crippen LogP contribution >= 0.6 is 11.6 Å². The van der Waals surface area contributed by atoms with Crippen LogP contribution in [0.2, 0.25) is 5.02 Å². The minimum Gasteiger partial charge on any atom is -0.307 e. The topological polar surface area (TPSA) is 54.4 Å². The summed E-state index contributed by atoms with van der Waals surface area (Å²) in [4.78, 5) is 19.6. The summed E-state index contributed by atoms with van der Waals surface area (Å²) < 4.78 is 38.1. The fraction of sp³-hybridized carbons (Fsp3) is 0.308. The van der Waals surface area contributed by atoms with Crippen molar-refractivity contribution in [3.8, 4) is 0 Å². The summed E-state index contributed by atoms with van der Waals surface area (Å²) in [5, 5.41) is 1.80. The lowest BCUT2D eigenvalue weighted by atomic mass is 10.1. The van der Waals surface area contributed by atoms with E-state index in [2.05, 4.69) is 15.3 Å². The van der Waals surface area contributed by atoms with Crippen molar-refractivity contribution in [1.82, 2.24) is 4.98 Å². The molecule has 0 fully saturated rings. The van der Waals surface area contributed by atoms with Gasteiger partial charge < -0.3 is 5.32 Å². The van der Waals surface area contributed by atoms with E-state index in [0.29, 0.717) is 24.5 Å². The summed E-state index contributed by atoms with van der Waals surface area (Å²) in [6.07, 6.45) is -1.23. The number of aromatic nitrogens is 1. The number of hydrogen-bond donors (Lipinski definition) is 1. The summed E-state index contributed by atoms with van der Waals surface area (Å²) in [5.74, 6) is -0.729. The maximum atomic E-state index is 12.7. The fourth-order valence-electron chi connectivity index (χ4n) is 1.76. The fourth-order valence-corrected chi connectivity index (χ4v) is 1.97. The number of anilines is 1. The van der Waals surface area contributed by atoms with Gasteiger partial charge in [0.2, 0.25) is 0 Å². The van der Waals surface area contributed by atoms with Gasteiger partial charge in [-0.05, 0) is 12.5 Å². The monoisotopic (exact) mass is 317 g/mol. The van der Waals surface area contributed by atoms with E-state index in [1.165, 1.54) is 6.20 Å². The number of rotatable bonds is 3. The lowest BCUT2D eigenvalue weighted by molar-refractivity contribution is -0.137. The SMILES string of the molecule is CCC1=NC=C(C(=O)Nc2cc(C(F)(F)F)c(Cl)cn2)C1. The van der Waals surface area contributed by atoms with Crippen LogP contribution in [0.1, 0.15) is 25.3 Å². The van der Waals surface area contributed by atoms with Crippen molar-refractivity contribution in [2.24, 2.45) is 4.99 Å². The first-order valence-electron chi connectivity index (χ1n) is 6.10. The first-order chi connectivity index (χ1) is 9.81. The van der Waals surface area contributed by atoms with E-state index in [-0.39, 0.29) is 5.82 Å². The van der Waals surface area contributed by atoms with Gasteiger partial charge >= 0.3 is 6.18 Å². The van der Waals surface area contributed by atoms with Gasteiger partial charge in [0.05, 0.1) is 10.6 Å². The molecule has 1 aromatic rings. The van der Waals surface area contributed by atoms with E-state index in [9.17, 15) is 18.0 Å². The standard InChI is InChI=1S/C13H11ClF3N3O/c1-2-8-3-7(5-18-8)12(21)20-11-4-9(13(15,16)17)10(14)6-19-11/h4-6H,2-3H2,1H3,(H,19,20,21). The normalized spacial score (nSPS) is 14.7. The first kappa shape index (κ1) is 15.5. The summed E-state index contributed by atoms with van der Waals surface area (Å²) in [6, 6.07) is 0.706. The van der Waals surface area contributed by atoms with Crippen molar-refractivity contribution in [3.05, 3.63) is 34.6 Å². The molecule has 112 valence electrons. The number of nitrogens with one attached hydrogen (secondary N) is 1. The van der Waals surface area contributed by atoms with Crippen molar-refractivity contribution in [2.75, 3.05) is 5.32 Å². The molecule has 0 unspecified atom stereocenters. The molecule has 0 saturated heterocycles. The molecule has 4 nitrogen and oxygen atoms in total. The van der Waals surface area contributed by atoms with E-state index < -0.39 is 22.7 Å². The van der Waals surface area contributed by atoms with E-state index in [1.807, 2.05) is 6.92 Å². The Labute approximate surface area is 123 Å². The molecule has 1 aliphatic rings. The third-order valence-electron chi connectivity index (χ3n) is 2.90.